The molecule has 2 amide bonds. The van der Waals surface area contributed by atoms with Gasteiger partial charge in [0.1, 0.15) is 6.04 Å². The molecule has 0 spiro atoms. The van der Waals surface area contributed by atoms with Crippen LogP contribution in [0.2, 0.25) is 0 Å². The Balaban J connectivity index is 1.27. The molecule has 0 radical (unpaired) electrons. The van der Waals surface area contributed by atoms with Crippen LogP contribution in [-0.2, 0) is 22.6 Å². The highest BCUT2D eigenvalue weighted by Gasteiger charge is 2.48. The summed E-state index contributed by atoms with van der Waals surface area (Å²) in [6, 6.07) is 12.9. The zero-order chi connectivity index (χ0) is 24.2. The molecule has 1 fully saturated rings. The first-order valence-corrected chi connectivity index (χ1v) is 12.2. The Bertz CT molecular complexity index is 1480. The van der Waals surface area contributed by atoms with E-state index < -0.39 is 12.1 Å². The van der Waals surface area contributed by atoms with E-state index in [1.54, 1.807) is 22.3 Å². The molecular formula is C27H25N5O4. The number of H-pyrrole nitrogens is 1. The molecule has 0 aliphatic carbocycles. The number of imidazole rings is 1. The Morgan fingerprint density at radius 2 is 1.94 bits per heavy atom. The Morgan fingerprint density at radius 3 is 2.83 bits per heavy atom. The maximum Gasteiger partial charge on any atom is 0.246 e. The number of amides is 2. The summed E-state index contributed by atoms with van der Waals surface area (Å²) in [7, 11) is 0. The van der Waals surface area contributed by atoms with E-state index in [-0.39, 0.29) is 25.2 Å². The fourth-order valence-electron chi connectivity index (χ4n) is 5.81. The Morgan fingerprint density at radius 1 is 1.06 bits per heavy atom. The lowest BCUT2D eigenvalue weighted by molar-refractivity contribution is -0.158. The van der Waals surface area contributed by atoms with Crippen molar-refractivity contribution in [3.05, 3.63) is 78.0 Å². The normalized spacial score (nSPS) is 20.7. The number of aromatic nitrogens is 3. The van der Waals surface area contributed by atoms with E-state index in [0.29, 0.717) is 24.5 Å². The van der Waals surface area contributed by atoms with Crippen molar-refractivity contribution in [1.29, 1.82) is 0 Å². The van der Waals surface area contributed by atoms with E-state index in [4.69, 9.17) is 9.47 Å². The second-order valence-electron chi connectivity index (χ2n) is 9.51. The molecule has 5 heterocycles. The van der Waals surface area contributed by atoms with Crippen molar-refractivity contribution in [1.82, 2.24) is 24.3 Å². The number of carbonyl (C=O) groups is 2. The summed E-state index contributed by atoms with van der Waals surface area (Å²) in [5.41, 5.74) is 3.95. The first-order chi connectivity index (χ1) is 17.7. The number of hydrogen-bond acceptors (Lipinski definition) is 5. The molecular weight excluding hydrogens is 458 g/mol. The second kappa shape index (κ2) is 8.15. The van der Waals surface area contributed by atoms with Crippen LogP contribution in [0.3, 0.4) is 0 Å². The summed E-state index contributed by atoms with van der Waals surface area (Å²) in [5, 5.41) is 1.09. The van der Waals surface area contributed by atoms with Gasteiger partial charge in [0, 0.05) is 48.5 Å². The van der Waals surface area contributed by atoms with Crippen LogP contribution >= 0.6 is 0 Å². The van der Waals surface area contributed by atoms with Crippen molar-refractivity contribution >= 4 is 22.7 Å². The largest absolute Gasteiger partial charge is 0.454 e. The zero-order valence-electron chi connectivity index (χ0n) is 19.6. The van der Waals surface area contributed by atoms with Crippen LogP contribution in [0.15, 0.2) is 61.2 Å². The number of fused-ring (bicyclic) bond motifs is 5. The highest BCUT2D eigenvalue weighted by atomic mass is 16.7. The number of piperazine rings is 1. The van der Waals surface area contributed by atoms with E-state index in [1.165, 1.54) is 0 Å². The maximum absolute atomic E-state index is 13.8. The summed E-state index contributed by atoms with van der Waals surface area (Å²) in [6.45, 7) is 1.54. The SMILES string of the molecule is O=C1[C@H]2Cc3c([nH]c4ccccc34)[C@@H](c3ccc4c(c3)OCO4)N2C(=O)CN1CCCn1ccnc1. The van der Waals surface area contributed by atoms with E-state index in [2.05, 4.69) is 16.0 Å². The van der Waals surface area contributed by atoms with E-state index in [0.717, 1.165) is 40.7 Å². The summed E-state index contributed by atoms with van der Waals surface area (Å²) >= 11 is 0. The Labute approximate surface area is 207 Å². The monoisotopic (exact) mass is 483 g/mol. The molecule has 1 saturated heterocycles. The third-order valence-electron chi connectivity index (χ3n) is 7.46. The van der Waals surface area contributed by atoms with Gasteiger partial charge in [0.15, 0.2) is 11.5 Å². The highest BCUT2D eigenvalue weighted by Crippen LogP contribution is 2.44. The Kier molecular flexibility index (Phi) is 4.77. The lowest BCUT2D eigenvalue weighted by Crippen LogP contribution is -2.63. The van der Waals surface area contributed by atoms with Crippen LogP contribution in [0.4, 0.5) is 0 Å². The van der Waals surface area contributed by atoms with Gasteiger partial charge >= 0.3 is 0 Å². The van der Waals surface area contributed by atoms with Crippen molar-refractivity contribution in [2.45, 2.75) is 31.5 Å². The average molecular weight is 484 g/mol. The van der Waals surface area contributed by atoms with Gasteiger partial charge in [0.25, 0.3) is 0 Å². The number of aryl methyl sites for hydroxylation is 1. The lowest BCUT2D eigenvalue weighted by atomic mass is 9.86. The number of carbonyl (C=O) groups excluding carboxylic acids is 2. The first kappa shape index (κ1) is 21.0. The van der Waals surface area contributed by atoms with E-state index in [9.17, 15) is 9.59 Å². The lowest BCUT2D eigenvalue weighted by Gasteiger charge is -2.47. The molecule has 3 aliphatic heterocycles. The zero-order valence-corrected chi connectivity index (χ0v) is 19.6. The minimum atomic E-state index is -0.554. The molecule has 7 rings (SSSR count). The number of nitrogens with zero attached hydrogens (tertiary/aromatic N) is 4. The molecule has 3 aliphatic rings. The van der Waals surface area contributed by atoms with Gasteiger partial charge in [-0.3, -0.25) is 9.59 Å². The molecule has 0 unspecified atom stereocenters. The summed E-state index contributed by atoms with van der Waals surface area (Å²) in [4.78, 5) is 38.6. The van der Waals surface area contributed by atoms with E-state index in [1.807, 2.05) is 47.2 Å². The van der Waals surface area contributed by atoms with Gasteiger partial charge in [-0.25, -0.2) is 4.98 Å². The number of benzene rings is 2. The number of hydrogen-bond donors (Lipinski definition) is 1. The quantitative estimate of drug-likeness (QED) is 0.471. The van der Waals surface area contributed by atoms with Crippen LogP contribution < -0.4 is 9.47 Å². The van der Waals surface area contributed by atoms with Crippen LogP contribution in [0.5, 0.6) is 11.5 Å². The summed E-state index contributed by atoms with van der Waals surface area (Å²) < 4.78 is 13.1. The molecule has 4 aromatic rings. The van der Waals surface area contributed by atoms with Gasteiger partial charge in [-0.2, -0.15) is 0 Å². The van der Waals surface area contributed by atoms with Gasteiger partial charge in [-0.1, -0.05) is 24.3 Å². The molecule has 0 saturated carbocycles. The number of rotatable bonds is 5. The number of aromatic amines is 1. The predicted octanol–water partition coefficient (Wildman–Crippen LogP) is 2.87. The van der Waals surface area contributed by atoms with Gasteiger partial charge in [-0.15, -0.1) is 0 Å². The van der Waals surface area contributed by atoms with Crippen LogP contribution in [0, 0.1) is 0 Å². The fraction of sp³-hybridized carbons (Fsp3) is 0.296. The predicted molar refractivity (Wildman–Crippen MR) is 130 cm³/mol. The molecule has 9 heteroatoms. The van der Waals surface area contributed by atoms with Gasteiger partial charge in [0.2, 0.25) is 18.6 Å². The molecule has 2 aromatic heterocycles. The molecule has 36 heavy (non-hydrogen) atoms. The first-order valence-electron chi connectivity index (χ1n) is 12.2. The third kappa shape index (κ3) is 3.26. The fourth-order valence-corrected chi connectivity index (χ4v) is 5.81. The molecule has 0 bridgehead atoms. The number of ether oxygens (including phenoxy) is 2. The number of nitrogens with one attached hydrogen (secondary N) is 1. The van der Waals surface area contributed by atoms with Crippen LogP contribution in [-0.4, -0.2) is 62.1 Å². The summed E-state index contributed by atoms with van der Waals surface area (Å²) in [5.74, 6) is 1.30. The second-order valence-corrected chi connectivity index (χ2v) is 9.51. The number of para-hydroxylation sites is 1. The topological polar surface area (TPSA) is 92.7 Å². The highest BCUT2D eigenvalue weighted by molar-refractivity contribution is 5.97. The van der Waals surface area contributed by atoms with Gasteiger partial charge < -0.3 is 28.8 Å². The van der Waals surface area contributed by atoms with Gasteiger partial charge in [0.05, 0.1) is 18.9 Å². The molecule has 9 nitrogen and oxygen atoms in total. The Hall–Kier alpha value is -4.27. The average Bonchev–Trinajstić information content (AvgIpc) is 3.65. The van der Waals surface area contributed by atoms with Crippen LogP contribution in [0.1, 0.15) is 29.3 Å². The van der Waals surface area contributed by atoms with Crippen molar-refractivity contribution < 1.29 is 19.1 Å². The third-order valence-corrected chi connectivity index (χ3v) is 7.46. The smallest absolute Gasteiger partial charge is 0.246 e. The van der Waals surface area contributed by atoms with Crippen molar-refractivity contribution in [3.8, 4) is 11.5 Å². The van der Waals surface area contributed by atoms with Crippen LogP contribution in [0.25, 0.3) is 10.9 Å². The molecule has 1 N–H and O–H groups in total. The minimum absolute atomic E-state index is 0.00176. The van der Waals surface area contributed by atoms with Crippen molar-refractivity contribution in [2.24, 2.45) is 0 Å². The maximum atomic E-state index is 13.8. The van der Waals surface area contributed by atoms with E-state index >= 15 is 0 Å². The van der Waals surface area contributed by atoms with Crippen molar-refractivity contribution in [2.75, 3.05) is 19.9 Å². The molecule has 2 aromatic carbocycles. The molecule has 2 atom stereocenters. The van der Waals surface area contributed by atoms with Crippen molar-refractivity contribution in [3.63, 3.8) is 0 Å². The molecule has 182 valence electrons. The standard InChI is InChI=1S/C27H25N5O4/c33-24-14-31(10-3-9-30-11-8-28-15-30)27(34)21-13-19-18-4-1-2-5-20(18)29-25(19)26(32(21)24)17-6-7-22-23(12-17)36-16-35-22/h1-2,4-8,11-12,15,21,26,29H,3,9-10,13-14,16H2/t21-,26-/m1/s1. The minimum Gasteiger partial charge on any atom is -0.454 e. The summed E-state index contributed by atoms with van der Waals surface area (Å²) in [6.07, 6.45) is 6.65. The van der Waals surface area contributed by atoms with Gasteiger partial charge in [-0.05, 0) is 35.7 Å².